The number of rotatable bonds is 8. The van der Waals surface area contributed by atoms with Crippen molar-refractivity contribution in [2.75, 3.05) is 23.9 Å². The van der Waals surface area contributed by atoms with Crippen molar-refractivity contribution in [1.29, 1.82) is 0 Å². The first-order chi connectivity index (χ1) is 16.5. The Morgan fingerprint density at radius 1 is 0.853 bits per heavy atom. The highest BCUT2D eigenvalue weighted by Crippen LogP contribution is 2.35. The molecule has 0 amide bonds. The van der Waals surface area contributed by atoms with E-state index in [0.717, 1.165) is 6.54 Å². The van der Waals surface area contributed by atoms with Crippen molar-refractivity contribution in [3.8, 4) is 11.1 Å². The Balaban J connectivity index is 1.58. The molecule has 34 heavy (non-hydrogen) atoms. The van der Waals surface area contributed by atoms with Crippen molar-refractivity contribution in [2.24, 2.45) is 5.92 Å². The summed E-state index contributed by atoms with van der Waals surface area (Å²) < 4.78 is 0. The maximum atomic E-state index is 4.62. The first-order valence-electron chi connectivity index (χ1n) is 12.6. The lowest BCUT2D eigenvalue weighted by molar-refractivity contribution is 0.396. The van der Waals surface area contributed by atoms with Crippen LogP contribution < -0.4 is 9.80 Å². The topological polar surface area (TPSA) is 6.48 Å². The maximum Gasteiger partial charge on any atom is 0.0478 e. The molecule has 3 aromatic rings. The average Bonchev–Trinajstić information content (AvgIpc) is 2.88. The summed E-state index contributed by atoms with van der Waals surface area (Å²) in [5, 5.41) is 0. The van der Waals surface area contributed by atoms with Crippen molar-refractivity contribution in [3.05, 3.63) is 102 Å². The van der Waals surface area contributed by atoms with E-state index < -0.39 is 0 Å². The van der Waals surface area contributed by atoms with Crippen LogP contribution in [-0.4, -0.2) is 14.1 Å². The van der Waals surface area contributed by atoms with Gasteiger partial charge in [0.2, 0.25) is 0 Å². The van der Waals surface area contributed by atoms with E-state index in [0.29, 0.717) is 5.92 Å². The van der Waals surface area contributed by atoms with Crippen LogP contribution in [-0.2, 0) is 6.54 Å². The van der Waals surface area contributed by atoms with Gasteiger partial charge in [-0.3, -0.25) is 0 Å². The number of benzene rings is 3. The zero-order valence-corrected chi connectivity index (χ0v) is 21.0. The van der Waals surface area contributed by atoms with E-state index in [1.54, 1.807) is 0 Å². The number of nitrogens with zero attached hydrogens (tertiary/aromatic N) is 2. The highest BCUT2D eigenvalue weighted by molar-refractivity contribution is 5.67. The fourth-order valence-corrected chi connectivity index (χ4v) is 4.94. The van der Waals surface area contributed by atoms with Gasteiger partial charge in [-0.1, -0.05) is 86.5 Å². The summed E-state index contributed by atoms with van der Waals surface area (Å²) in [6, 6.07) is 26.6. The van der Waals surface area contributed by atoms with Crippen LogP contribution in [0, 0.1) is 5.92 Å². The molecule has 4 rings (SSSR count). The first-order valence-corrected chi connectivity index (χ1v) is 12.6. The third kappa shape index (κ3) is 5.80. The normalized spacial score (nSPS) is 14.3. The lowest BCUT2D eigenvalue weighted by Gasteiger charge is -2.34. The number of hydrogen-bond acceptors (Lipinski definition) is 2. The van der Waals surface area contributed by atoms with Gasteiger partial charge in [-0.15, -0.1) is 0 Å². The van der Waals surface area contributed by atoms with Crippen molar-refractivity contribution in [1.82, 2.24) is 0 Å². The fourth-order valence-electron chi connectivity index (χ4n) is 4.94. The van der Waals surface area contributed by atoms with Crippen molar-refractivity contribution in [3.63, 3.8) is 0 Å². The Labute approximate surface area is 206 Å². The Morgan fingerprint density at radius 3 is 2.12 bits per heavy atom. The number of anilines is 2. The lowest BCUT2D eigenvalue weighted by atomic mass is 9.86. The molecule has 2 nitrogen and oxygen atoms in total. The number of allylic oxidation sites excluding steroid dienone is 2. The fraction of sp³-hybridized carbons (Fsp3) is 0.312. The van der Waals surface area contributed by atoms with E-state index >= 15 is 0 Å². The summed E-state index contributed by atoms with van der Waals surface area (Å²) in [5.74, 6) is 0.577. The van der Waals surface area contributed by atoms with E-state index in [1.165, 1.54) is 71.4 Å². The third-order valence-electron chi connectivity index (χ3n) is 6.98. The molecule has 0 radical (unpaired) electrons. The molecule has 0 spiro atoms. The molecule has 0 unspecified atom stereocenters. The van der Waals surface area contributed by atoms with E-state index in [-0.39, 0.29) is 0 Å². The molecule has 3 aromatic carbocycles. The van der Waals surface area contributed by atoms with Crippen LogP contribution in [0.5, 0.6) is 0 Å². The minimum absolute atomic E-state index is 0.577. The molecule has 0 aromatic heterocycles. The van der Waals surface area contributed by atoms with Crippen molar-refractivity contribution >= 4 is 17.5 Å². The average molecular weight is 451 g/mol. The monoisotopic (exact) mass is 450 g/mol. The number of hydrogen-bond donors (Lipinski definition) is 0. The lowest BCUT2D eigenvalue weighted by Crippen LogP contribution is -2.27. The van der Waals surface area contributed by atoms with Gasteiger partial charge in [-0.25, -0.2) is 0 Å². The molecule has 0 saturated heterocycles. The van der Waals surface area contributed by atoms with E-state index in [4.69, 9.17) is 0 Å². The van der Waals surface area contributed by atoms with Crippen molar-refractivity contribution < 1.29 is 0 Å². The van der Waals surface area contributed by atoms with E-state index in [1.807, 2.05) is 0 Å². The maximum absolute atomic E-state index is 4.62. The summed E-state index contributed by atoms with van der Waals surface area (Å²) in [6.45, 7) is 7.53. The molecule has 176 valence electrons. The predicted molar refractivity (Wildman–Crippen MR) is 149 cm³/mol. The smallest absolute Gasteiger partial charge is 0.0478 e. The van der Waals surface area contributed by atoms with Gasteiger partial charge in [-0.05, 0) is 72.2 Å². The predicted octanol–water partition coefficient (Wildman–Crippen LogP) is 8.55. The molecule has 1 saturated carbocycles. The quantitative estimate of drug-likeness (QED) is 0.339. The van der Waals surface area contributed by atoms with Crippen LogP contribution in [0.4, 0.5) is 11.4 Å². The molecule has 1 aliphatic carbocycles. The summed E-state index contributed by atoms with van der Waals surface area (Å²) in [5.41, 5.74) is 8.76. The highest BCUT2D eigenvalue weighted by Gasteiger charge is 2.22. The van der Waals surface area contributed by atoms with Crippen LogP contribution in [0.25, 0.3) is 17.2 Å². The summed E-state index contributed by atoms with van der Waals surface area (Å²) in [7, 11) is 4.15. The van der Waals surface area contributed by atoms with Gasteiger partial charge >= 0.3 is 0 Å². The SMILES string of the molecule is C=C(C1CCCCC1)N(Cc1ccc(-c2ccc(N(C)C)cc2)cc1)c1cccc(/C=C\C)c1. The Kier molecular flexibility index (Phi) is 7.90. The van der Waals surface area contributed by atoms with Crippen LogP contribution in [0.1, 0.15) is 50.2 Å². The third-order valence-corrected chi connectivity index (χ3v) is 6.98. The molecule has 0 bridgehead atoms. The largest absolute Gasteiger partial charge is 0.378 e. The second-order valence-electron chi connectivity index (χ2n) is 9.65. The molecule has 0 aliphatic heterocycles. The minimum atomic E-state index is 0.577. The molecule has 1 aliphatic rings. The molecule has 0 heterocycles. The van der Waals surface area contributed by atoms with Crippen LogP contribution in [0.2, 0.25) is 0 Å². The minimum Gasteiger partial charge on any atom is -0.378 e. The van der Waals surface area contributed by atoms with E-state index in [2.05, 4.69) is 122 Å². The molecular weight excluding hydrogens is 412 g/mol. The summed E-state index contributed by atoms with van der Waals surface area (Å²) in [6.07, 6.45) is 10.8. The molecule has 0 atom stereocenters. The summed E-state index contributed by atoms with van der Waals surface area (Å²) in [4.78, 5) is 4.58. The van der Waals surface area contributed by atoms with Crippen molar-refractivity contribution in [2.45, 2.75) is 45.6 Å². The Morgan fingerprint density at radius 2 is 1.50 bits per heavy atom. The van der Waals surface area contributed by atoms with Gasteiger partial charge in [-0.2, -0.15) is 0 Å². The van der Waals surface area contributed by atoms with Gasteiger partial charge in [0, 0.05) is 37.7 Å². The van der Waals surface area contributed by atoms with Gasteiger partial charge in [0.05, 0.1) is 0 Å². The van der Waals surface area contributed by atoms with E-state index in [9.17, 15) is 0 Å². The van der Waals surface area contributed by atoms with Crippen LogP contribution in [0.15, 0.2) is 91.1 Å². The Bertz CT molecular complexity index is 1100. The Hall–Kier alpha value is -3.26. The van der Waals surface area contributed by atoms with Gasteiger partial charge in [0.1, 0.15) is 0 Å². The zero-order valence-electron chi connectivity index (χ0n) is 21.0. The second kappa shape index (κ2) is 11.2. The summed E-state index contributed by atoms with van der Waals surface area (Å²) >= 11 is 0. The van der Waals surface area contributed by atoms with Crippen LogP contribution >= 0.6 is 0 Å². The van der Waals surface area contributed by atoms with Gasteiger partial charge in [0.25, 0.3) is 0 Å². The molecule has 1 fully saturated rings. The first kappa shape index (κ1) is 23.9. The second-order valence-corrected chi connectivity index (χ2v) is 9.65. The molecular formula is C32H38N2. The standard InChI is InChI=1S/C32H38N2/c1-5-10-26-11-9-14-32(23-26)34(25(2)28-12-7-6-8-13-28)24-27-15-17-29(18-16-27)30-19-21-31(22-20-30)33(3)4/h5,9-11,14-23,28H,2,6-8,12-13,24H2,1,3-4H3/b10-5-. The molecule has 2 heteroatoms. The van der Waals surface area contributed by atoms with Gasteiger partial charge < -0.3 is 9.80 Å². The zero-order chi connectivity index (χ0) is 23.9. The van der Waals surface area contributed by atoms with Crippen LogP contribution in [0.3, 0.4) is 0 Å². The van der Waals surface area contributed by atoms with Gasteiger partial charge in [0.15, 0.2) is 0 Å². The highest BCUT2D eigenvalue weighted by atomic mass is 15.1. The molecule has 0 N–H and O–H groups in total.